The molecule has 0 fully saturated rings. The Balaban J connectivity index is 0.000000204. The molecule has 14 nitrogen and oxygen atoms in total. The number of hydrogen-bond donors (Lipinski definition) is 6. The molecule has 0 aliphatic heterocycles. The molecule has 8 rings (SSSR count). The molecule has 0 aliphatic rings. The Morgan fingerprint density at radius 1 is 0.422 bits per heavy atom. The Morgan fingerprint density at radius 2 is 0.747 bits per heavy atom. The summed E-state index contributed by atoms with van der Waals surface area (Å²) in [4.78, 5) is 71.7. The van der Waals surface area contributed by atoms with E-state index in [1.54, 1.807) is 61.5 Å². The van der Waals surface area contributed by atoms with Gasteiger partial charge in [0.05, 0.1) is 54.4 Å². The second-order valence-corrected chi connectivity index (χ2v) is 20.7. The molecule has 21 heteroatoms. The summed E-state index contributed by atoms with van der Waals surface area (Å²) in [6.45, 7) is 12.6. The first kappa shape index (κ1) is 65.8. The van der Waals surface area contributed by atoms with E-state index < -0.39 is 29.7 Å². The summed E-state index contributed by atoms with van der Waals surface area (Å²) < 4.78 is 10.2. The molecule has 8 aromatic carbocycles. The molecule has 0 aliphatic carbocycles. The lowest BCUT2D eigenvalue weighted by Crippen LogP contribution is -2.16. The number of benzene rings is 8. The van der Waals surface area contributed by atoms with E-state index >= 15 is 0 Å². The number of esters is 2. The molecule has 0 unspecified atom stereocenters. The van der Waals surface area contributed by atoms with Gasteiger partial charge < -0.3 is 41.0 Å². The smallest absolute Gasteiger partial charge is 0.335 e. The number of rotatable bonds is 12. The monoisotopic (exact) mass is 1260 g/mol. The van der Waals surface area contributed by atoms with Crippen LogP contribution in [-0.2, 0) is 9.59 Å². The Morgan fingerprint density at radius 3 is 1.11 bits per heavy atom. The van der Waals surface area contributed by atoms with E-state index in [1.807, 2.05) is 58.0 Å². The molecule has 0 aromatic heterocycles. The molecule has 0 heterocycles. The molecule has 0 radical (unpaired) electrons. The van der Waals surface area contributed by atoms with Gasteiger partial charge in [-0.1, -0.05) is 131 Å². The first-order chi connectivity index (χ1) is 39.3. The number of carbonyl (C=O) groups is 6. The van der Waals surface area contributed by atoms with Crippen LogP contribution in [0.4, 0.5) is 22.7 Å². The highest BCUT2D eigenvalue weighted by Gasteiger charge is 2.20. The molecule has 428 valence electrons. The predicted octanol–water partition coefficient (Wildman–Crippen LogP) is 17.4. The van der Waals surface area contributed by atoms with Crippen LogP contribution in [0.25, 0.3) is 0 Å². The molecular weight excluding hydrogens is 1210 g/mol. The number of phenols is 2. The summed E-state index contributed by atoms with van der Waals surface area (Å²) >= 11 is 41.7. The fraction of sp³-hybridized carbons (Fsp3) is 0.0968. The van der Waals surface area contributed by atoms with Gasteiger partial charge in [0.15, 0.2) is 0 Å². The summed E-state index contributed by atoms with van der Waals surface area (Å²) in [6.07, 6.45) is 1.21. The molecule has 0 bridgehead atoms. The summed E-state index contributed by atoms with van der Waals surface area (Å²) in [5.74, 6) is -2.91. The predicted molar refractivity (Wildman–Crippen MR) is 332 cm³/mol. The number of aromatic hydroxyl groups is 2. The molecule has 83 heavy (non-hydrogen) atoms. The molecule has 6 N–H and O–H groups in total. The number of amides is 4. The number of ether oxygens (including phenoxy) is 2. The fourth-order valence-electron chi connectivity index (χ4n) is 6.83. The number of halogens is 7. The fourth-order valence-corrected chi connectivity index (χ4v) is 8.37. The third kappa shape index (κ3) is 20.4. The lowest BCUT2D eigenvalue weighted by atomic mass is 10.1. The van der Waals surface area contributed by atoms with Gasteiger partial charge in [-0.05, 0) is 166 Å². The highest BCUT2D eigenvalue weighted by molar-refractivity contribution is 6.36. The molecule has 0 atom stereocenters. The second-order valence-electron chi connectivity index (χ2n) is 17.7. The topological polar surface area (TPSA) is 209 Å². The Hall–Kier alpha value is -8.05. The van der Waals surface area contributed by atoms with Crippen molar-refractivity contribution in [1.29, 1.82) is 0 Å². The molecule has 0 spiro atoms. The van der Waals surface area contributed by atoms with Crippen molar-refractivity contribution in [2.75, 3.05) is 21.3 Å². The SMILES string of the molecule is C=CC(=O)Oc1ccc(Cl)cc1C(=O)Nc1ccc(C)cc1Cl.CCC(=O)Oc1ccc(Cl)cc1C(=O)Nc1ccc(C)cc1Cl.Cc1ccc(NC(=O)c2cc(Cl)ccc2O)c(Cl)c1.Cc1ccc(NC(=O)c2cc(Cl)ccc2O)cc1. The van der Waals surface area contributed by atoms with E-state index in [1.165, 1.54) is 66.7 Å². The third-order valence-electron chi connectivity index (χ3n) is 11.1. The average Bonchev–Trinajstić information content (AvgIpc) is 3.59. The molecule has 0 saturated carbocycles. The number of aryl methyl sites for hydroxylation is 4. The van der Waals surface area contributed by atoms with Crippen LogP contribution in [0.15, 0.2) is 164 Å². The summed E-state index contributed by atoms with van der Waals surface area (Å²) in [5, 5.41) is 32.7. The minimum atomic E-state index is -0.672. The number of anilines is 4. The molecular formula is C62H51Cl7N4O10. The van der Waals surface area contributed by atoms with Gasteiger partial charge in [-0.15, -0.1) is 0 Å². The minimum absolute atomic E-state index is 0.0834. The van der Waals surface area contributed by atoms with Crippen LogP contribution in [0.5, 0.6) is 23.0 Å². The van der Waals surface area contributed by atoms with Crippen LogP contribution in [0.2, 0.25) is 35.2 Å². The van der Waals surface area contributed by atoms with E-state index in [0.717, 1.165) is 28.3 Å². The zero-order chi connectivity index (χ0) is 61.1. The van der Waals surface area contributed by atoms with Crippen molar-refractivity contribution in [2.45, 2.75) is 41.0 Å². The highest BCUT2D eigenvalue weighted by atomic mass is 35.5. The lowest BCUT2D eigenvalue weighted by molar-refractivity contribution is -0.134. The van der Waals surface area contributed by atoms with Crippen molar-refractivity contribution in [3.63, 3.8) is 0 Å². The van der Waals surface area contributed by atoms with Crippen LogP contribution in [0.3, 0.4) is 0 Å². The van der Waals surface area contributed by atoms with Crippen molar-refractivity contribution < 1.29 is 48.5 Å². The Bertz CT molecular complexity index is 3730. The first-order valence-electron chi connectivity index (χ1n) is 24.6. The zero-order valence-corrected chi connectivity index (χ0v) is 50.0. The Kier molecular flexibility index (Phi) is 24.9. The van der Waals surface area contributed by atoms with Gasteiger partial charge in [0, 0.05) is 38.3 Å². The van der Waals surface area contributed by atoms with Gasteiger partial charge in [-0.25, -0.2) is 4.79 Å². The summed E-state index contributed by atoms with van der Waals surface area (Å²) in [5.41, 5.74) is 6.66. The van der Waals surface area contributed by atoms with E-state index in [9.17, 15) is 39.0 Å². The largest absolute Gasteiger partial charge is 0.507 e. The number of hydrogen-bond acceptors (Lipinski definition) is 10. The van der Waals surface area contributed by atoms with Crippen LogP contribution in [-0.4, -0.2) is 45.8 Å². The maximum Gasteiger partial charge on any atom is 0.335 e. The first-order valence-corrected chi connectivity index (χ1v) is 27.2. The van der Waals surface area contributed by atoms with Crippen molar-refractivity contribution in [3.8, 4) is 23.0 Å². The van der Waals surface area contributed by atoms with Crippen LogP contribution >= 0.6 is 81.2 Å². The van der Waals surface area contributed by atoms with Crippen molar-refractivity contribution >= 4 is 140 Å². The number of phenolic OH excluding ortho intramolecular Hbond substituents is 2. The molecule has 8 aromatic rings. The van der Waals surface area contributed by atoms with Gasteiger partial charge in [-0.2, -0.15) is 0 Å². The second kappa shape index (κ2) is 31.4. The zero-order valence-electron chi connectivity index (χ0n) is 44.7. The lowest BCUT2D eigenvalue weighted by Gasteiger charge is -2.12. The molecule has 0 saturated heterocycles. The van der Waals surface area contributed by atoms with Crippen LogP contribution in [0, 0.1) is 27.7 Å². The van der Waals surface area contributed by atoms with Gasteiger partial charge in [0.2, 0.25) is 0 Å². The van der Waals surface area contributed by atoms with E-state index in [4.69, 9.17) is 90.7 Å². The number of nitrogens with one attached hydrogen (secondary N) is 4. The summed E-state index contributed by atoms with van der Waals surface area (Å²) in [6, 6.07) is 40.7. The molecule has 4 amide bonds. The van der Waals surface area contributed by atoms with Crippen molar-refractivity contribution in [3.05, 3.63) is 244 Å². The standard InChI is InChI=1S/C17H15Cl2NO3.C17H13Cl2NO3.C14H11Cl2NO2.C14H12ClNO2/c2*1-3-16(21)23-15-7-5-11(18)9-12(15)17(22)20-14-6-4-10(2)8-13(14)19;1-8-2-4-12(11(16)6-8)17-14(19)10-7-9(15)3-5-13(10)18;1-9-2-5-11(6-3-9)16-14(18)12-8-10(15)4-7-13(12)17/h4-9H,3H2,1-2H3,(H,20,22);3-9H,1H2,2H3,(H,20,22);2-7,18H,1H3,(H,17,19);2-8,17H,1H3,(H,16,18). The van der Waals surface area contributed by atoms with Crippen LogP contribution < -0.4 is 30.7 Å². The average molecular weight is 1260 g/mol. The van der Waals surface area contributed by atoms with Gasteiger partial charge in [-0.3, -0.25) is 24.0 Å². The van der Waals surface area contributed by atoms with E-state index in [-0.39, 0.29) is 57.6 Å². The maximum absolute atomic E-state index is 12.5. The van der Waals surface area contributed by atoms with E-state index in [0.29, 0.717) is 57.9 Å². The number of carbonyl (C=O) groups excluding carboxylic acids is 6. The third-order valence-corrected chi connectivity index (χ3v) is 13.0. The van der Waals surface area contributed by atoms with Crippen molar-refractivity contribution in [1.82, 2.24) is 0 Å². The minimum Gasteiger partial charge on any atom is -0.507 e. The normalized spacial score (nSPS) is 10.2. The Labute approximate surface area is 513 Å². The van der Waals surface area contributed by atoms with Gasteiger partial charge in [0.25, 0.3) is 23.6 Å². The quantitative estimate of drug-likeness (QED) is 0.0387. The van der Waals surface area contributed by atoms with Crippen LogP contribution in [0.1, 0.15) is 77.0 Å². The van der Waals surface area contributed by atoms with Crippen molar-refractivity contribution in [2.24, 2.45) is 0 Å². The van der Waals surface area contributed by atoms with Gasteiger partial charge in [0.1, 0.15) is 23.0 Å². The maximum atomic E-state index is 12.5. The summed E-state index contributed by atoms with van der Waals surface area (Å²) in [7, 11) is 0. The van der Waals surface area contributed by atoms with Gasteiger partial charge >= 0.3 is 11.9 Å². The van der Waals surface area contributed by atoms with E-state index in [2.05, 4.69) is 27.8 Å². The highest BCUT2D eigenvalue weighted by Crippen LogP contribution is 2.31.